The van der Waals surface area contributed by atoms with E-state index in [4.69, 9.17) is 19.8 Å². The van der Waals surface area contributed by atoms with Crippen molar-refractivity contribution in [3.63, 3.8) is 0 Å². The Morgan fingerprint density at radius 1 is 1.14 bits per heavy atom. The summed E-state index contributed by atoms with van der Waals surface area (Å²) in [5.41, 5.74) is 5.99. The summed E-state index contributed by atoms with van der Waals surface area (Å²) in [6.07, 6.45) is 7.49. The first-order valence-corrected chi connectivity index (χ1v) is 10.2. The van der Waals surface area contributed by atoms with E-state index >= 15 is 0 Å². The largest absolute Gasteiger partial charge is 0.496 e. The number of hydrogen-bond acceptors (Lipinski definition) is 7. The van der Waals surface area contributed by atoms with Crippen LogP contribution in [0.25, 0.3) is 0 Å². The molecule has 0 saturated carbocycles. The second kappa shape index (κ2) is 7.30. The van der Waals surface area contributed by atoms with Gasteiger partial charge >= 0.3 is 7.12 Å². The van der Waals surface area contributed by atoms with Gasteiger partial charge in [0, 0.05) is 11.7 Å². The van der Waals surface area contributed by atoms with Crippen LogP contribution >= 0.6 is 0 Å². The summed E-state index contributed by atoms with van der Waals surface area (Å²) in [7, 11) is 1.63. The van der Waals surface area contributed by atoms with E-state index in [9.17, 15) is 0 Å². The van der Waals surface area contributed by atoms with Crippen LogP contribution in [0.15, 0.2) is 24.7 Å². The van der Waals surface area contributed by atoms with E-state index in [2.05, 4.69) is 22.0 Å². The molecule has 2 aliphatic heterocycles. The summed E-state index contributed by atoms with van der Waals surface area (Å²) >= 11 is 0. The van der Waals surface area contributed by atoms with Gasteiger partial charge in [-0.1, -0.05) is 0 Å². The highest BCUT2D eigenvalue weighted by atomic mass is 16.7. The number of nitrogens with zero attached hydrogens (tertiary/aromatic N) is 4. The average Bonchev–Trinajstić information content (AvgIpc) is 3.19. The number of aromatic nitrogens is 3. The Hall–Kier alpha value is -2.10. The quantitative estimate of drug-likeness (QED) is 0.789. The summed E-state index contributed by atoms with van der Waals surface area (Å²) < 4.78 is 20.2. The molecule has 2 saturated heterocycles. The molecule has 0 amide bonds. The van der Waals surface area contributed by atoms with E-state index < -0.39 is 18.3 Å². The highest BCUT2D eigenvalue weighted by Crippen LogP contribution is 2.37. The molecule has 9 heteroatoms. The highest BCUT2D eigenvalue weighted by Gasteiger charge is 2.52. The molecule has 4 rings (SSSR count). The van der Waals surface area contributed by atoms with Crippen molar-refractivity contribution in [2.24, 2.45) is 0 Å². The first kappa shape index (κ1) is 20.2. The van der Waals surface area contributed by atoms with Gasteiger partial charge in [0.2, 0.25) is 0 Å². The zero-order valence-corrected chi connectivity index (χ0v) is 17.9. The van der Waals surface area contributed by atoms with E-state index in [1.807, 2.05) is 44.6 Å². The Balaban J connectivity index is 1.49. The number of rotatable bonds is 4. The predicted octanol–water partition coefficient (Wildman–Crippen LogP) is 2.22. The lowest BCUT2D eigenvalue weighted by molar-refractivity contribution is 0.00578. The molecule has 0 spiro atoms. The Bertz CT molecular complexity index is 861. The molecule has 0 atom stereocenters. The Labute approximate surface area is 172 Å². The fraction of sp³-hybridized carbons (Fsp3) is 0.600. The van der Waals surface area contributed by atoms with Crippen molar-refractivity contribution >= 4 is 18.4 Å². The van der Waals surface area contributed by atoms with E-state index in [1.165, 1.54) is 0 Å². The molecule has 156 valence electrons. The van der Waals surface area contributed by atoms with Crippen LogP contribution in [0.2, 0.25) is 0 Å². The van der Waals surface area contributed by atoms with Gasteiger partial charge < -0.3 is 24.7 Å². The first-order valence-electron chi connectivity index (χ1n) is 10.2. The second-order valence-corrected chi connectivity index (χ2v) is 9.03. The standard InChI is InChI=1S/C20H30BN5O3/c1-19(2)20(3,4)29-21(28-19)14-10-17(18(22)23-11-14)27-16-12-24-26(13-16)15-6-8-25(5)9-7-15/h10-13,15H,6-9H2,1-5H3,(H2,22,23). The molecule has 29 heavy (non-hydrogen) atoms. The molecule has 2 aromatic heterocycles. The predicted molar refractivity (Wildman–Crippen MR) is 112 cm³/mol. The van der Waals surface area contributed by atoms with Crippen molar-refractivity contribution in [1.29, 1.82) is 0 Å². The van der Waals surface area contributed by atoms with E-state index in [0.717, 1.165) is 31.4 Å². The molecule has 2 N–H and O–H groups in total. The number of piperidine rings is 1. The van der Waals surface area contributed by atoms with Crippen molar-refractivity contribution in [2.45, 2.75) is 57.8 Å². The molecule has 8 nitrogen and oxygen atoms in total. The number of likely N-dealkylation sites (tertiary alicyclic amines) is 1. The summed E-state index contributed by atoms with van der Waals surface area (Å²) in [5.74, 6) is 1.43. The fourth-order valence-electron chi connectivity index (χ4n) is 3.62. The summed E-state index contributed by atoms with van der Waals surface area (Å²) in [6, 6.07) is 2.23. The minimum Gasteiger partial charge on any atom is -0.450 e. The monoisotopic (exact) mass is 399 g/mol. The number of anilines is 1. The maximum Gasteiger partial charge on any atom is 0.496 e. The third-order valence-electron chi connectivity index (χ3n) is 6.30. The summed E-state index contributed by atoms with van der Waals surface area (Å²) in [6.45, 7) is 10.2. The van der Waals surface area contributed by atoms with Gasteiger partial charge in [-0.3, -0.25) is 4.68 Å². The smallest absolute Gasteiger partial charge is 0.450 e. The van der Waals surface area contributed by atoms with Gasteiger partial charge in [0.15, 0.2) is 17.3 Å². The third-order valence-corrected chi connectivity index (χ3v) is 6.30. The molecule has 0 aromatic carbocycles. The zero-order chi connectivity index (χ0) is 20.8. The Morgan fingerprint density at radius 3 is 2.45 bits per heavy atom. The molecule has 2 fully saturated rings. The maximum atomic E-state index is 6.11. The average molecular weight is 399 g/mol. The van der Waals surface area contributed by atoms with Gasteiger partial charge in [0.05, 0.1) is 29.6 Å². The molecule has 4 heterocycles. The van der Waals surface area contributed by atoms with Gasteiger partial charge in [0.1, 0.15) is 0 Å². The second-order valence-electron chi connectivity index (χ2n) is 9.03. The lowest BCUT2D eigenvalue weighted by atomic mass is 9.80. The molecular formula is C20H30BN5O3. The topological polar surface area (TPSA) is 87.7 Å². The molecule has 0 radical (unpaired) electrons. The van der Waals surface area contributed by atoms with Crippen LogP contribution in [-0.2, 0) is 9.31 Å². The van der Waals surface area contributed by atoms with E-state index in [1.54, 1.807) is 12.4 Å². The lowest BCUT2D eigenvalue weighted by Gasteiger charge is -2.32. The van der Waals surface area contributed by atoms with Crippen LogP contribution in [0.1, 0.15) is 46.6 Å². The zero-order valence-electron chi connectivity index (χ0n) is 17.9. The van der Waals surface area contributed by atoms with E-state index in [-0.39, 0.29) is 0 Å². The SMILES string of the molecule is CN1CCC(n2cc(Oc3cc(B4OC(C)(C)C(C)(C)O4)cnc3N)cn2)CC1. The molecule has 2 aromatic rings. The molecular weight excluding hydrogens is 369 g/mol. The maximum absolute atomic E-state index is 6.11. The number of pyridine rings is 1. The number of nitrogens with two attached hydrogens (primary N) is 1. The van der Waals surface area contributed by atoms with Crippen LogP contribution in [0.5, 0.6) is 11.5 Å². The van der Waals surface area contributed by atoms with Gasteiger partial charge in [-0.2, -0.15) is 5.10 Å². The first-order chi connectivity index (χ1) is 13.6. The van der Waals surface area contributed by atoms with Crippen LogP contribution in [0.4, 0.5) is 5.82 Å². The van der Waals surface area contributed by atoms with Crippen molar-refractivity contribution in [3.05, 3.63) is 24.7 Å². The van der Waals surface area contributed by atoms with Gasteiger partial charge in [0.25, 0.3) is 0 Å². The Kier molecular flexibility index (Phi) is 5.08. The molecule has 0 unspecified atom stereocenters. The summed E-state index contributed by atoms with van der Waals surface area (Å²) in [4.78, 5) is 6.62. The van der Waals surface area contributed by atoms with Gasteiger partial charge in [-0.25, -0.2) is 4.98 Å². The minimum absolute atomic E-state index is 0.317. The van der Waals surface area contributed by atoms with Crippen LogP contribution in [-0.4, -0.2) is 58.1 Å². The van der Waals surface area contributed by atoms with Crippen molar-refractivity contribution in [1.82, 2.24) is 19.7 Å². The third kappa shape index (κ3) is 3.99. The molecule has 0 aliphatic carbocycles. The molecule has 0 bridgehead atoms. The minimum atomic E-state index is -0.516. The normalized spacial score (nSPS) is 22.2. The van der Waals surface area contributed by atoms with E-state index in [0.29, 0.717) is 23.4 Å². The fourth-order valence-corrected chi connectivity index (χ4v) is 3.62. The van der Waals surface area contributed by atoms with Crippen molar-refractivity contribution in [2.75, 3.05) is 25.9 Å². The Morgan fingerprint density at radius 2 is 1.79 bits per heavy atom. The molecule has 2 aliphatic rings. The van der Waals surface area contributed by atoms with Crippen LogP contribution in [0, 0.1) is 0 Å². The van der Waals surface area contributed by atoms with Gasteiger partial charge in [-0.15, -0.1) is 0 Å². The van der Waals surface area contributed by atoms with Crippen LogP contribution < -0.4 is 15.9 Å². The lowest BCUT2D eigenvalue weighted by Crippen LogP contribution is -2.41. The number of ether oxygens (including phenoxy) is 1. The number of hydrogen-bond donors (Lipinski definition) is 1. The van der Waals surface area contributed by atoms with Crippen LogP contribution in [0.3, 0.4) is 0 Å². The van der Waals surface area contributed by atoms with Crippen molar-refractivity contribution < 1.29 is 14.0 Å². The number of nitrogen functional groups attached to an aromatic ring is 1. The summed E-state index contributed by atoms with van der Waals surface area (Å²) in [5, 5.41) is 4.49. The van der Waals surface area contributed by atoms with Crippen molar-refractivity contribution in [3.8, 4) is 11.5 Å². The highest BCUT2D eigenvalue weighted by molar-refractivity contribution is 6.62. The van der Waals surface area contributed by atoms with Gasteiger partial charge in [-0.05, 0) is 66.7 Å².